The largest absolute Gasteiger partial charge is 0.481 e. The molecule has 0 amide bonds. The highest BCUT2D eigenvalue weighted by atomic mass is 16.4. The van der Waals surface area contributed by atoms with E-state index in [4.69, 9.17) is 10.2 Å². The van der Waals surface area contributed by atoms with Gasteiger partial charge in [0.15, 0.2) is 0 Å². The van der Waals surface area contributed by atoms with E-state index in [0.717, 1.165) is 0 Å². The van der Waals surface area contributed by atoms with Crippen LogP contribution in [0.25, 0.3) is 0 Å². The fourth-order valence-electron chi connectivity index (χ4n) is 2.97. The van der Waals surface area contributed by atoms with Gasteiger partial charge in [-0.05, 0) is 19.4 Å². The molecule has 6 heteroatoms. The highest BCUT2D eigenvalue weighted by Gasteiger charge is 2.53. The predicted molar refractivity (Wildman–Crippen MR) is 53.7 cm³/mol. The van der Waals surface area contributed by atoms with Crippen LogP contribution in [0, 0.1) is 5.92 Å². The van der Waals surface area contributed by atoms with Crippen LogP contribution in [0.1, 0.15) is 12.8 Å². The second kappa shape index (κ2) is 4.29. The van der Waals surface area contributed by atoms with Crippen molar-refractivity contribution in [2.45, 2.75) is 37.1 Å². The van der Waals surface area contributed by atoms with E-state index >= 15 is 0 Å². The zero-order valence-electron chi connectivity index (χ0n) is 8.86. The molecule has 16 heavy (non-hydrogen) atoms. The third kappa shape index (κ3) is 1.62. The van der Waals surface area contributed by atoms with Gasteiger partial charge in [-0.25, -0.2) is 0 Å². The second-order valence-corrected chi connectivity index (χ2v) is 4.55. The van der Waals surface area contributed by atoms with Crippen LogP contribution in [-0.2, 0) is 4.79 Å². The van der Waals surface area contributed by atoms with E-state index in [1.807, 2.05) is 0 Å². The molecular weight excluding hydrogens is 214 g/mol. The molecule has 2 aliphatic heterocycles. The molecule has 0 radical (unpaired) electrons. The predicted octanol–water partition coefficient (Wildman–Crippen LogP) is -1.75. The maximum atomic E-state index is 11.1. The van der Waals surface area contributed by atoms with Gasteiger partial charge in [-0.1, -0.05) is 0 Å². The molecule has 0 aromatic rings. The molecule has 6 nitrogen and oxygen atoms in total. The molecule has 0 aromatic heterocycles. The molecule has 4 N–H and O–H groups in total. The summed E-state index contributed by atoms with van der Waals surface area (Å²) in [7, 11) is 0. The van der Waals surface area contributed by atoms with Crippen LogP contribution in [-0.4, -0.2) is 68.7 Å². The lowest BCUT2D eigenvalue weighted by Gasteiger charge is -2.37. The molecule has 0 spiro atoms. The third-order valence-electron chi connectivity index (χ3n) is 3.75. The van der Waals surface area contributed by atoms with Gasteiger partial charge >= 0.3 is 5.97 Å². The number of carboxylic acids is 1. The number of carbonyl (C=O) groups is 1. The van der Waals surface area contributed by atoms with Crippen molar-refractivity contribution < 1.29 is 25.2 Å². The first-order valence-electron chi connectivity index (χ1n) is 5.53. The van der Waals surface area contributed by atoms with Crippen molar-refractivity contribution in [2.24, 2.45) is 5.92 Å². The van der Waals surface area contributed by atoms with E-state index < -0.39 is 36.2 Å². The van der Waals surface area contributed by atoms with E-state index in [2.05, 4.69) is 0 Å². The average molecular weight is 231 g/mol. The number of rotatable bonds is 2. The molecule has 2 rings (SSSR count). The van der Waals surface area contributed by atoms with E-state index in [1.54, 1.807) is 4.90 Å². The summed E-state index contributed by atoms with van der Waals surface area (Å²) in [6, 6.07) is -1.11. The summed E-state index contributed by atoms with van der Waals surface area (Å²) >= 11 is 0. The number of aliphatic hydroxyl groups is 3. The van der Waals surface area contributed by atoms with Gasteiger partial charge in [0.25, 0.3) is 0 Å². The molecule has 2 fully saturated rings. The summed E-state index contributed by atoms with van der Waals surface area (Å²) in [5.41, 5.74) is 0. The minimum atomic E-state index is -1.08. The number of carboxylic acid groups (broad SMARTS) is 1. The van der Waals surface area contributed by atoms with Crippen molar-refractivity contribution in [1.82, 2.24) is 4.90 Å². The lowest BCUT2D eigenvalue weighted by atomic mass is 9.88. The molecular formula is C10H17NO5. The molecule has 92 valence electrons. The third-order valence-corrected chi connectivity index (χ3v) is 3.75. The first-order chi connectivity index (χ1) is 7.57. The smallest absolute Gasteiger partial charge is 0.308 e. The van der Waals surface area contributed by atoms with Crippen LogP contribution in [0.15, 0.2) is 0 Å². The normalized spacial score (nSPS) is 44.3. The SMILES string of the molecule is O=C(O)C1CCCN2C(CO)C(O)C(O)[C@H]12. The maximum absolute atomic E-state index is 11.1. The molecule has 0 bridgehead atoms. The Hall–Kier alpha value is -0.690. The molecule has 2 aliphatic rings. The van der Waals surface area contributed by atoms with Crippen molar-refractivity contribution in [1.29, 1.82) is 0 Å². The van der Waals surface area contributed by atoms with Crippen LogP contribution >= 0.6 is 0 Å². The number of fused-ring (bicyclic) bond motifs is 1. The van der Waals surface area contributed by atoms with Crippen molar-refractivity contribution in [3.63, 3.8) is 0 Å². The minimum Gasteiger partial charge on any atom is -0.481 e. The quantitative estimate of drug-likeness (QED) is 0.449. The van der Waals surface area contributed by atoms with Crippen LogP contribution < -0.4 is 0 Å². The number of aliphatic hydroxyl groups excluding tert-OH is 3. The monoisotopic (exact) mass is 231 g/mol. The standard InChI is InChI=1S/C10H17NO5/c12-4-6-8(13)9(14)7-5(10(15)16)2-1-3-11(6)7/h5-9,12-14H,1-4H2,(H,15,16)/t5?,6?,7-,8?,9?/m0/s1. The minimum absolute atomic E-state index is 0.263. The summed E-state index contributed by atoms with van der Waals surface area (Å²) in [4.78, 5) is 12.8. The van der Waals surface area contributed by atoms with E-state index in [1.165, 1.54) is 0 Å². The van der Waals surface area contributed by atoms with Gasteiger partial charge < -0.3 is 20.4 Å². The number of hydrogen-bond acceptors (Lipinski definition) is 5. The molecule has 2 heterocycles. The van der Waals surface area contributed by atoms with E-state index in [9.17, 15) is 15.0 Å². The van der Waals surface area contributed by atoms with Gasteiger partial charge in [0.05, 0.1) is 36.8 Å². The summed E-state index contributed by atoms with van der Waals surface area (Å²) in [6.07, 6.45) is -0.921. The first-order valence-corrected chi connectivity index (χ1v) is 5.53. The number of aliphatic carboxylic acids is 1. The summed E-state index contributed by atoms with van der Waals surface area (Å²) < 4.78 is 0. The van der Waals surface area contributed by atoms with Gasteiger partial charge in [-0.2, -0.15) is 0 Å². The van der Waals surface area contributed by atoms with Crippen molar-refractivity contribution in [3.05, 3.63) is 0 Å². The lowest BCUT2D eigenvalue weighted by molar-refractivity contribution is -0.147. The Labute approximate surface area is 93.1 Å². The van der Waals surface area contributed by atoms with Gasteiger partial charge in [0.1, 0.15) is 0 Å². The Balaban J connectivity index is 2.24. The van der Waals surface area contributed by atoms with Crippen LogP contribution in [0.4, 0.5) is 0 Å². The van der Waals surface area contributed by atoms with Gasteiger partial charge in [-0.3, -0.25) is 9.69 Å². The van der Waals surface area contributed by atoms with Crippen LogP contribution in [0.3, 0.4) is 0 Å². The fourth-order valence-corrected chi connectivity index (χ4v) is 2.97. The topological polar surface area (TPSA) is 101 Å². The zero-order valence-corrected chi connectivity index (χ0v) is 8.86. The fraction of sp³-hybridized carbons (Fsp3) is 0.900. The Bertz CT molecular complexity index is 284. The highest BCUT2D eigenvalue weighted by Crippen LogP contribution is 2.35. The van der Waals surface area contributed by atoms with Gasteiger partial charge in [-0.15, -0.1) is 0 Å². The Morgan fingerprint density at radius 1 is 1.31 bits per heavy atom. The van der Waals surface area contributed by atoms with E-state index in [-0.39, 0.29) is 6.61 Å². The number of hydrogen-bond donors (Lipinski definition) is 4. The molecule has 2 saturated heterocycles. The summed E-state index contributed by atoms with van der Waals surface area (Å²) in [5.74, 6) is -1.60. The second-order valence-electron chi connectivity index (χ2n) is 4.55. The van der Waals surface area contributed by atoms with Crippen molar-refractivity contribution >= 4 is 5.97 Å². The molecule has 0 aromatic carbocycles. The van der Waals surface area contributed by atoms with Gasteiger partial charge in [0, 0.05) is 0 Å². The average Bonchev–Trinajstić information content (AvgIpc) is 2.51. The zero-order chi connectivity index (χ0) is 11.9. The summed E-state index contributed by atoms with van der Waals surface area (Å²) in [5, 5.41) is 37.8. The van der Waals surface area contributed by atoms with Crippen molar-refractivity contribution in [3.8, 4) is 0 Å². The van der Waals surface area contributed by atoms with Crippen molar-refractivity contribution in [2.75, 3.05) is 13.2 Å². The summed E-state index contributed by atoms with van der Waals surface area (Å²) in [6.45, 7) is 0.356. The maximum Gasteiger partial charge on any atom is 0.308 e. The lowest BCUT2D eigenvalue weighted by Crippen LogP contribution is -2.50. The Kier molecular flexibility index (Phi) is 3.16. The number of nitrogens with zero attached hydrogens (tertiary/aromatic N) is 1. The van der Waals surface area contributed by atoms with Crippen LogP contribution in [0.5, 0.6) is 0 Å². The molecule has 0 saturated carbocycles. The molecule has 4 unspecified atom stereocenters. The number of piperidine rings is 1. The Morgan fingerprint density at radius 3 is 2.56 bits per heavy atom. The highest BCUT2D eigenvalue weighted by molar-refractivity contribution is 5.71. The first kappa shape index (κ1) is 11.8. The molecule has 5 atom stereocenters. The molecule has 0 aliphatic carbocycles. The Morgan fingerprint density at radius 2 is 2.00 bits per heavy atom. The van der Waals surface area contributed by atoms with Crippen LogP contribution in [0.2, 0.25) is 0 Å². The van der Waals surface area contributed by atoms with Gasteiger partial charge in [0.2, 0.25) is 0 Å². The van der Waals surface area contributed by atoms with E-state index in [0.29, 0.717) is 19.4 Å².